The van der Waals surface area contributed by atoms with E-state index in [9.17, 15) is 0 Å². The Balaban J connectivity index is 1.90. The molecule has 35 heavy (non-hydrogen) atoms. The van der Waals surface area contributed by atoms with E-state index >= 15 is 0 Å². The highest BCUT2D eigenvalue weighted by Crippen LogP contribution is 2.52. The fourth-order valence-electron chi connectivity index (χ4n) is 4.45. The molecule has 5 nitrogen and oxygen atoms in total. The van der Waals surface area contributed by atoms with Crippen LogP contribution < -0.4 is 0 Å². The lowest BCUT2D eigenvalue weighted by Crippen LogP contribution is -2.52. The summed E-state index contributed by atoms with van der Waals surface area (Å²) in [6.45, 7) is 32.7. The molecular weight excluding hydrogens is 471 g/mol. The number of hydrogen-bond donors (Lipinski definition) is 0. The summed E-state index contributed by atoms with van der Waals surface area (Å²) < 4.78 is 33.5. The smallest absolute Gasteiger partial charge is 0.414 e. The summed E-state index contributed by atoms with van der Waals surface area (Å²) in [7, 11) is -4.20. The van der Waals surface area contributed by atoms with E-state index in [1.165, 1.54) is 5.47 Å². The molecule has 3 aliphatic rings. The minimum Gasteiger partial charge on any atom is -0.414 e. The first-order valence-corrected chi connectivity index (χ1v) is 19.3. The number of rotatable bonds is 7. The predicted octanol–water partition coefficient (Wildman–Crippen LogP) is 7.28. The normalized spacial score (nSPS) is 31.1. The molecule has 3 rings (SSSR count). The first kappa shape index (κ1) is 29.6. The quantitative estimate of drug-likeness (QED) is 0.328. The van der Waals surface area contributed by atoms with Crippen LogP contribution in [0.15, 0.2) is 11.5 Å². The third-order valence-electron chi connectivity index (χ3n) is 9.94. The second-order valence-corrected chi connectivity index (χ2v) is 25.1. The monoisotopic (exact) mass is 524 g/mol. The molecule has 3 heterocycles. The fraction of sp³-hybridized carbons (Fsp3) is 0.926. The highest BCUT2D eigenvalue weighted by atomic mass is 28.4. The van der Waals surface area contributed by atoms with Crippen LogP contribution in [0, 0.1) is 0 Å². The molecule has 8 heteroatoms. The van der Waals surface area contributed by atoms with E-state index in [1.807, 2.05) is 0 Å². The lowest BCUT2D eigenvalue weighted by atomic mass is 9.70. The molecule has 202 valence electrons. The van der Waals surface area contributed by atoms with Gasteiger partial charge in [-0.3, -0.25) is 0 Å². The van der Waals surface area contributed by atoms with Crippen molar-refractivity contribution in [1.82, 2.24) is 0 Å². The van der Waals surface area contributed by atoms with Crippen LogP contribution in [0.25, 0.3) is 0 Å². The van der Waals surface area contributed by atoms with Gasteiger partial charge < -0.3 is 22.9 Å². The molecule has 0 radical (unpaired) electrons. The van der Waals surface area contributed by atoms with E-state index in [4.69, 9.17) is 22.9 Å². The molecule has 0 amide bonds. The molecule has 0 N–H and O–H groups in total. The van der Waals surface area contributed by atoms with Gasteiger partial charge in [-0.05, 0) is 88.7 Å². The summed E-state index contributed by atoms with van der Waals surface area (Å²) in [6, 6.07) is 0. The maximum atomic E-state index is 6.99. The van der Waals surface area contributed by atoms with Crippen molar-refractivity contribution >= 4 is 23.8 Å². The van der Waals surface area contributed by atoms with Crippen LogP contribution in [0.1, 0.15) is 88.5 Å². The largest absolute Gasteiger partial charge is 0.490 e. The van der Waals surface area contributed by atoms with Crippen LogP contribution in [0.3, 0.4) is 0 Å². The maximum Gasteiger partial charge on any atom is 0.490 e. The highest BCUT2D eigenvalue weighted by Gasteiger charge is 2.59. The zero-order valence-electron chi connectivity index (χ0n) is 25.2. The lowest BCUT2D eigenvalue weighted by Gasteiger charge is -2.44. The standard InChI is InChI=1S/C27H53BO5Si2/c1-22(2,3)34(11,12)29-19-26-15-16-27(31-26,20-30-35(13,14)23(4,5)6)18-21(17-26)28-32-24(7,8)25(9,10)33-28/h17H,15-16,18-20H2,1-14H3. The summed E-state index contributed by atoms with van der Waals surface area (Å²) in [5.41, 5.74) is -0.370. The van der Waals surface area contributed by atoms with E-state index in [1.54, 1.807) is 0 Å². The number of fused-ring (bicyclic) bond motifs is 2. The first-order chi connectivity index (χ1) is 15.5. The second kappa shape index (κ2) is 8.78. The van der Waals surface area contributed by atoms with E-state index in [0.717, 1.165) is 19.3 Å². The Morgan fingerprint density at radius 2 is 1.26 bits per heavy atom. The van der Waals surface area contributed by atoms with Gasteiger partial charge in [0.2, 0.25) is 0 Å². The highest BCUT2D eigenvalue weighted by molar-refractivity contribution is 6.74. The summed E-state index contributed by atoms with van der Waals surface area (Å²) in [5, 5.41) is 0.307. The van der Waals surface area contributed by atoms with Gasteiger partial charge in [-0.2, -0.15) is 0 Å². The van der Waals surface area contributed by atoms with Gasteiger partial charge >= 0.3 is 7.12 Å². The van der Waals surface area contributed by atoms with Crippen LogP contribution in [-0.2, 0) is 22.9 Å². The summed E-state index contributed by atoms with van der Waals surface area (Å²) in [4.78, 5) is 0. The first-order valence-electron chi connectivity index (χ1n) is 13.5. The topological polar surface area (TPSA) is 46.2 Å². The SMILES string of the molecule is CC1(C)OB(C2=CC3(CO[Si](C)(C)C(C)(C)C)CCC(CO[Si](C)(C)C(C)(C)C)(C2)O3)OC1(C)C. The van der Waals surface area contributed by atoms with Crippen molar-refractivity contribution in [2.24, 2.45) is 0 Å². The molecule has 2 atom stereocenters. The van der Waals surface area contributed by atoms with Crippen molar-refractivity contribution in [2.75, 3.05) is 13.2 Å². The van der Waals surface area contributed by atoms with E-state index in [2.05, 4.69) is 102 Å². The Labute approximate surface area is 218 Å². The average Bonchev–Trinajstić information content (AvgIpc) is 3.06. The van der Waals surface area contributed by atoms with Gasteiger partial charge in [-0.15, -0.1) is 0 Å². The summed E-state index contributed by atoms with van der Waals surface area (Å²) >= 11 is 0. The Morgan fingerprint density at radius 3 is 1.71 bits per heavy atom. The van der Waals surface area contributed by atoms with Crippen molar-refractivity contribution in [3.8, 4) is 0 Å². The molecule has 2 bridgehead atoms. The third kappa shape index (κ3) is 5.74. The minimum absolute atomic E-state index is 0.151. The van der Waals surface area contributed by atoms with Crippen molar-refractivity contribution < 1.29 is 22.9 Å². The summed E-state index contributed by atoms with van der Waals surface area (Å²) in [5.74, 6) is 0. The molecule has 0 aromatic heterocycles. The van der Waals surface area contributed by atoms with Crippen molar-refractivity contribution in [3.05, 3.63) is 11.5 Å². The molecule has 0 aliphatic carbocycles. The molecular formula is C27H53BO5Si2. The number of hydrogen-bond acceptors (Lipinski definition) is 5. The van der Waals surface area contributed by atoms with Gasteiger partial charge in [0, 0.05) is 0 Å². The summed E-state index contributed by atoms with van der Waals surface area (Å²) in [6.07, 6.45) is 4.97. The van der Waals surface area contributed by atoms with Gasteiger partial charge in [-0.1, -0.05) is 47.6 Å². The van der Waals surface area contributed by atoms with Crippen LogP contribution >= 0.6 is 0 Å². The van der Waals surface area contributed by atoms with Crippen molar-refractivity contribution in [3.63, 3.8) is 0 Å². The van der Waals surface area contributed by atoms with E-state index < -0.39 is 22.2 Å². The van der Waals surface area contributed by atoms with Gasteiger partial charge in [0.15, 0.2) is 16.6 Å². The van der Waals surface area contributed by atoms with Crippen molar-refractivity contribution in [2.45, 2.75) is 147 Å². The van der Waals surface area contributed by atoms with Gasteiger partial charge in [0.25, 0.3) is 0 Å². The van der Waals surface area contributed by atoms with Gasteiger partial charge in [-0.25, -0.2) is 0 Å². The third-order valence-corrected chi connectivity index (χ3v) is 18.9. The molecule has 2 saturated heterocycles. The van der Waals surface area contributed by atoms with Gasteiger partial charge in [0.1, 0.15) is 5.60 Å². The van der Waals surface area contributed by atoms with Crippen molar-refractivity contribution in [1.29, 1.82) is 0 Å². The van der Waals surface area contributed by atoms with Crippen LogP contribution in [0.4, 0.5) is 0 Å². The Morgan fingerprint density at radius 1 is 0.800 bits per heavy atom. The average molecular weight is 525 g/mol. The Kier molecular flexibility index (Phi) is 7.43. The maximum absolute atomic E-state index is 6.99. The number of ether oxygens (including phenoxy) is 1. The molecule has 0 aromatic carbocycles. The molecule has 0 aromatic rings. The Hall–Kier alpha value is 0.0387. The van der Waals surface area contributed by atoms with Crippen LogP contribution in [-0.4, -0.2) is 59.4 Å². The second-order valence-electron chi connectivity index (χ2n) is 15.4. The molecule has 2 unspecified atom stereocenters. The zero-order valence-corrected chi connectivity index (χ0v) is 27.2. The molecule has 0 spiro atoms. The molecule has 0 saturated carbocycles. The van der Waals surface area contributed by atoms with Crippen LogP contribution in [0.5, 0.6) is 0 Å². The van der Waals surface area contributed by atoms with E-state index in [-0.39, 0.29) is 34.0 Å². The minimum atomic E-state index is -1.93. The zero-order chi connectivity index (χ0) is 26.9. The fourth-order valence-corrected chi connectivity index (χ4v) is 6.54. The Bertz CT molecular complexity index is 823. The molecule has 3 aliphatic heterocycles. The molecule has 2 fully saturated rings. The lowest BCUT2D eigenvalue weighted by molar-refractivity contribution is -0.123. The predicted molar refractivity (Wildman–Crippen MR) is 151 cm³/mol. The van der Waals surface area contributed by atoms with Gasteiger partial charge in [0.05, 0.1) is 30.0 Å². The van der Waals surface area contributed by atoms with E-state index in [0.29, 0.717) is 13.2 Å². The van der Waals surface area contributed by atoms with Crippen LogP contribution in [0.2, 0.25) is 36.3 Å².